The number of benzene rings is 1. The first-order valence-corrected chi connectivity index (χ1v) is 12.5. The van der Waals surface area contributed by atoms with Crippen molar-refractivity contribution in [2.24, 2.45) is 17.1 Å². The van der Waals surface area contributed by atoms with Crippen LogP contribution in [0.25, 0.3) is 0 Å². The summed E-state index contributed by atoms with van der Waals surface area (Å²) in [6.45, 7) is 8.24. The van der Waals surface area contributed by atoms with E-state index in [1.165, 1.54) is 38.2 Å². The highest BCUT2D eigenvalue weighted by Crippen LogP contribution is 2.47. The zero-order chi connectivity index (χ0) is 22.6. The Kier molecular flexibility index (Phi) is 7.83. The van der Waals surface area contributed by atoms with Crippen molar-refractivity contribution in [1.82, 2.24) is 0 Å². The number of esters is 1. The van der Waals surface area contributed by atoms with Crippen molar-refractivity contribution >= 4 is 5.97 Å². The summed E-state index contributed by atoms with van der Waals surface area (Å²) >= 11 is 0. The van der Waals surface area contributed by atoms with Gasteiger partial charge in [-0.2, -0.15) is 0 Å². The quantitative estimate of drug-likeness (QED) is 0.278. The van der Waals surface area contributed by atoms with Gasteiger partial charge in [0, 0.05) is 17.5 Å². The minimum absolute atomic E-state index is 0.0187. The van der Waals surface area contributed by atoms with Crippen LogP contribution in [0, 0.1) is 17.2 Å². The molecule has 31 heavy (non-hydrogen) atoms. The fourth-order valence-electron chi connectivity index (χ4n) is 5.65. The van der Waals surface area contributed by atoms with E-state index in [0.717, 1.165) is 49.7 Å². The average molecular weight is 432 g/mol. The Bertz CT molecular complexity index is 775. The molecular formula is C27H42FNO2. The smallest absolute Gasteiger partial charge is 0.316 e. The molecule has 0 saturated heterocycles. The fourth-order valence-corrected chi connectivity index (χ4v) is 5.65. The molecular weight excluding hydrogens is 389 g/mol. The molecule has 3 rings (SSSR count). The van der Waals surface area contributed by atoms with Crippen molar-refractivity contribution in [2.75, 3.05) is 0 Å². The Hall–Kier alpha value is -1.42. The highest BCUT2D eigenvalue weighted by Gasteiger charge is 2.45. The number of nitrogens with two attached hydrogens (primary N) is 1. The second-order valence-corrected chi connectivity index (χ2v) is 10.9. The molecule has 3 nitrogen and oxygen atoms in total. The minimum atomic E-state index is -0.579. The van der Waals surface area contributed by atoms with Crippen molar-refractivity contribution in [2.45, 2.75) is 116 Å². The number of ether oxygens (including phenoxy) is 1. The van der Waals surface area contributed by atoms with Crippen LogP contribution in [0.4, 0.5) is 4.39 Å². The fraction of sp³-hybridized carbons (Fsp3) is 0.741. The maximum Gasteiger partial charge on any atom is 0.316 e. The van der Waals surface area contributed by atoms with Gasteiger partial charge >= 0.3 is 5.97 Å². The van der Waals surface area contributed by atoms with Crippen LogP contribution >= 0.6 is 0 Å². The summed E-state index contributed by atoms with van der Waals surface area (Å²) in [6.07, 6.45) is 12.8. The zero-order valence-electron chi connectivity index (χ0n) is 20.1. The van der Waals surface area contributed by atoms with Crippen LogP contribution in [-0.2, 0) is 16.6 Å². The normalized spacial score (nSPS) is 26.0. The van der Waals surface area contributed by atoms with Crippen LogP contribution in [-0.4, -0.2) is 12.0 Å². The molecule has 174 valence electrons. The lowest BCUT2D eigenvalue weighted by atomic mass is 9.60. The van der Waals surface area contributed by atoms with E-state index in [1.807, 2.05) is 19.9 Å². The van der Waals surface area contributed by atoms with E-state index in [2.05, 4.69) is 13.8 Å². The molecule has 0 radical (unpaired) electrons. The van der Waals surface area contributed by atoms with Gasteiger partial charge in [-0.25, -0.2) is 4.39 Å². The number of unbranched alkanes of at least 4 members (excludes halogenated alkanes) is 4. The van der Waals surface area contributed by atoms with Gasteiger partial charge in [0.25, 0.3) is 0 Å². The van der Waals surface area contributed by atoms with Gasteiger partial charge in [-0.3, -0.25) is 4.79 Å². The zero-order valence-corrected chi connectivity index (χ0v) is 20.1. The van der Waals surface area contributed by atoms with Crippen LogP contribution in [0.1, 0.15) is 109 Å². The summed E-state index contributed by atoms with van der Waals surface area (Å²) < 4.78 is 21.0. The van der Waals surface area contributed by atoms with Crippen LogP contribution in [0.15, 0.2) is 12.1 Å². The molecule has 2 N–H and O–H groups in total. The summed E-state index contributed by atoms with van der Waals surface area (Å²) in [5, 5.41) is 0. The van der Waals surface area contributed by atoms with Gasteiger partial charge < -0.3 is 10.5 Å². The third kappa shape index (κ3) is 5.32. The molecule has 0 unspecified atom stereocenters. The van der Waals surface area contributed by atoms with Crippen LogP contribution in [0.5, 0.6) is 5.75 Å². The molecule has 0 aliphatic heterocycles. The van der Waals surface area contributed by atoms with Crippen molar-refractivity contribution < 1.29 is 13.9 Å². The number of hydrogen-bond acceptors (Lipinski definition) is 3. The molecule has 2 aliphatic rings. The van der Waals surface area contributed by atoms with Crippen molar-refractivity contribution in [3.63, 3.8) is 0 Å². The highest BCUT2D eigenvalue weighted by molar-refractivity contribution is 5.78. The predicted molar refractivity (Wildman–Crippen MR) is 125 cm³/mol. The lowest BCUT2D eigenvalue weighted by molar-refractivity contribution is -0.144. The SMILES string of the molecule is CCCCCCCC(C)(C)C(=O)Oc1cc(F)c2c(c1)[C@@]1(C)CCCCC[C@@H](C2)[C@@H]1N. The number of carbonyl (C=O) groups excluding carboxylic acids is 1. The first-order chi connectivity index (χ1) is 14.7. The molecule has 1 aromatic carbocycles. The average Bonchev–Trinajstić information content (AvgIpc) is 2.71. The third-order valence-corrected chi connectivity index (χ3v) is 7.93. The van der Waals surface area contributed by atoms with E-state index in [1.54, 1.807) is 0 Å². The van der Waals surface area contributed by atoms with E-state index in [-0.39, 0.29) is 23.2 Å². The summed E-state index contributed by atoms with van der Waals surface area (Å²) in [4.78, 5) is 12.9. The molecule has 2 aliphatic carbocycles. The molecule has 0 aromatic heterocycles. The predicted octanol–water partition coefficient (Wildman–Crippen LogP) is 6.84. The Labute approximate surface area is 188 Å². The maximum atomic E-state index is 15.2. The first kappa shape index (κ1) is 24.2. The number of rotatable bonds is 8. The lowest BCUT2D eigenvalue weighted by Gasteiger charge is -2.47. The topological polar surface area (TPSA) is 52.3 Å². The van der Waals surface area contributed by atoms with Crippen LogP contribution in [0.2, 0.25) is 0 Å². The molecule has 4 heteroatoms. The number of carbonyl (C=O) groups is 1. The number of fused-ring (bicyclic) bond motifs is 4. The van der Waals surface area contributed by atoms with E-state index in [0.29, 0.717) is 18.1 Å². The molecule has 0 heterocycles. The van der Waals surface area contributed by atoms with Gasteiger partial charge in [0.15, 0.2) is 0 Å². The molecule has 1 saturated carbocycles. The summed E-state index contributed by atoms with van der Waals surface area (Å²) in [5.41, 5.74) is 7.63. The van der Waals surface area contributed by atoms with Gasteiger partial charge in [0.1, 0.15) is 11.6 Å². The summed E-state index contributed by atoms with van der Waals surface area (Å²) in [6, 6.07) is 3.34. The van der Waals surface area contributed by atoms with E-state index >= 15 is 4.39 Å². The number of halogens is 1. The highest BCUT2D eigenvalue weighted by atomic mass is 19.1. The molecule has 1 fully saturated rings. The molecule has 3 atom stereocenters. The van der Waals surface area contributed by atoms with Crippen LogP contribution < -0.4 is 10.5 Å². The largest absolute Gasteiger partial charge is 0.426 e. The second kappa shape index (κ2) is 10.0. The molecule has 0 spiro atoms. The summed E-state index contributed by atoms with van der Waals surface area (Å²) in [5.74, 6) is 0.131. The Morgan fingerprint density at radius 2 is 1.94 bits per heavy atom. The van der Waals surface area contributed by atoms with Crippen molar-refractivity contribution in [3.8, 4) is 5.75 Å². The second-order valence-electron chi connectivity index (χ2n) is 10.9. The molecule has 2 bridgehead atoms. The monoisotopic (exact) mass is 431 g/mol. The Morgan fingerprint density at radius 3 is 2.68 bits per heavy atom. The van der Waals surface area contributed by atoms with Crippen molar-refractivity contribution in [3.05, 3.63) is 29.1 Å². The van der Waals surface area contributed by atoms with Gasteiger partial charge in [0.2, 0.25) is 0 Å². The first-order valence-electron chi connectivity index (χ1n) is 12.5. The lowest BCUT2D eigenvalue weighted by Crippen LogP contribution is -2.53. The molecule has 1 aromatic rings. The Balaban J connectivity index is 1.78. The Morgan fingerprint density at radius 1 is 1.19 bits per heavy atom. The minimum Gasteiger partial charge on any atom is -0.426 e. The van der Waals surface area contributed by atoms with E-state index in [4.69, 9.17) is 10.5 Å². The van der Waals surface area contributed by atoms with Crippen LogP contribution in [0.3, 0.4) is 0 Å². The molecule has 0 amide bonds. The van der Waals surface area contributed by atoms with Gasteiger partial charge in [-0.1, -0.05) is 65.2 Å². The standard InChI is InChI=1S/C27H42FNO2/c1-5-6-7-8-11-14-26(2,3)25(30)31-20-17-22-21(23(28)18-20)16-19-13-10-9-12-15-27(22,4)24(19)29/h17-19,24H,5-16,29H2,1-4H3/t19-,24-,27+/m0/s1. The van der Waals surface area contributed by atoms with Gasteiger partial charge in [0.05, 0.1) is 5.41 Å². The number of hydrogen-bond donors (Lipinski definition) is 1. The third-order valence-electron chi connectivity index (χ3n) is 7.93. The van der Waals surface area contributed by atoms with Crippen molar-refractivity contribution in [1.29, 1.82) is 0 Å². The van der Waals surface area contributed by atoms with Gasteiger partial charge in [-0.05, 0) is 62.6 Å². The van der Waals surface area contributed by atoms with Gasteiger partial charge in [-0.15, -0.1) is 0 Å². The van der Waals surface area contributed by atoms with E-state index < -0.39 is 5.41 Å². The maximum absolute atomic E-state index is 15.2. The van der Waals surface area contributed by atoms with E-state index in [9.17, 15) is 4.79 Å². The summed E-state index contributed by atoms with van der Waals surface area (Å²) in [7, 11) is 0.